The maximum absolute atomic E-state index is 5.98. The minimum Gasteiger partial charge on any atom is -0.318 e. The molecule has 0 radical (unpaired) electrons. The van der Waals surface area contributed by atoms with Crippen molar-refractivity contribution in [1.29, 1.82) is 0 Å². The van der Waals surface area contributed by atoms with Gasteiger partial charge in [0.1, 0.15) is 0 Å². The first-order valence-corrected chi connectivity index (χ1v) is 4.81. The number of nitrogens with zero attached hydrogens (tertiary/aromatic N) is 3. The second kappa shape index (κ2) is 3.96. The number of nitrogens with one attached hydrogen (secondary N) is 1. The molecule has 0 aliphatic carbocycles. The number of hydrogen-bond acceptors (Lipinski definition) is 4. The quantitative estimate of drug-likeness (QED) is 0.802. The first-order valence-electron chi connectivity index (χ1n) is 4.43. The van der Waals surface area contributed by atoms with E-state index < -0.39 is 0 Å². The second-order valence-electron chi connectivity index (χ2n) is 3.25. The van der Waals surface area contributed by atoms with Crippen molar-refractivity contribution >= 4 is 11.6 Å². The molecule has 15 heavy (non-hydrogen) atoms. The van der Waals surface area contributed by atoms with Crippen LogP contribution in [0.3, 0.4) is 0 Å². The molecule has 1 aromatic heterocycles. The van der Waals surface area contributed by atoms with Crippen LogP contribution in [0, 0.1) is 6.92 Å². The lowest BCUT2D eigenvalue weighted by Crippen LogP contribution is -2.15. The number of aryl methyl sites for hydroxylation is 1. The Balaban J connectivity index is 2.38. The van der Waals surface area contributed by atoms with Crippen LogP contribution in [0.5, 0.6) is 0 Å². The Morgan fingerprint density at radius 2 is 2.27 bits per heavy atom. The SMILES string of the molecule is Cc1cc(Cl)ccc1C(N)c1nn[nH]n1. The molecular weight excluding hydrogens is 214 g/mol. The van der Waals surface area contributed by atoms with Crippen molar-refractivity contribution in [3.8, 4) is 0 Å². The number of H-pyrrole nitrogens is 1. The third-order valence-corrected chi connectivity index (χ3v) is 2.44. The van der Waals surface area contributed by atoms with Crippen LogP contribution in [0.1, 0.15) is 23.0 Å². The van der Waals surface area contributed by atoms with Crippen molar-refractivity contribution < 1.29 is 0 Å². The first kappa shape index (κ1) is 10.1. The highest BCUT2D eigenvalue weighted by atomic mass is 35.5. The van der Waals surface area contributed by atoms with E-state index in [1.807, 2.05) is 19.1 Å². The fourth-order valence-corrected chi connectivity index (χ4v) is 1.66. The van der Waals surface area contributed by atoms with Crippen molar-refractivity contribution in [3.05, 3.63) is 40.2 Å². The van der Waals surface area contributed by atoms with Gasteiger partial charge in [0.25, 0.3) is 0 Å². The normalized spacial score (nSPS) is 12.7. The van der Waals surface area contributed by atoms with E-state index in [2.05, 4.69) is 20.6 Å². The van der Waals surface area contributed by atoms with E-state index in [1.165, 1.54) is 0 Å². The van der Waals surface area contributed by atoms with Crippen LogP contribution >= 0.6 is 11.6 Å². The van der Waals surface area contributed by atoms with Gasteiger partial charge in [0.05, 0.1) is 6.04 Å². The summed E-state index contributed by atoms with van der Waals surface area (Å²) in [5.74, 6) is 0.473. The summed E-state index contributed by atoms with van der Waals surface area (Å²) in [6, 6.07) is 5.15. The molecule has 0 aliphatic heterocycles. The predicted octanol–water partition coefficient (Wildman–Crippen LogP) is 1.21. The summed E-state index contributed by atoms with van der Waals surface area (Å²) in [5.41, 5.74) is 7.94. The third kappa shape index (κ3) is 1.98. The molecule has 0 bridgehead atoms. The highest BCUT2D eigenvalue weighted by Crippen LogP contribution is 2.22. The Bertz CT molecular complexity index is 454. The van der Waals surface area contributed by atoms with Crippen LogP contribution in [0.15, 0.2) is 18.2 Å². The van der Waals surface area contributed by atoms with Gasteiger partial charge >= 0.3 is 0 Å². The number of benzene rings is 1. The zero-order valence-corrected chi connectivity index (χ0v) is 8.86. The first-order chi connectivity index (χ1) is 7.18. The average Bonchev–Trinajstić information content (AvgIpc) is 2.69. The third-order valence-electron chi connectivity index (χ3n) is 2.21. The van der Waals surface area contributed by atoms with Gasteiger partial charge in [0.2, 0.25) is 0 Å². The standard InChI is InChI=1S/C9H10ClN5/c1-5-4-6(10)2-3-7(5)8(11)9-12-14-15-13-9/h2-4,8H,11H2,1H3,(H,12,13,14,15). The van der Waals surface area contributed by atoms with Gasteiger partial charge < -0.3 is 5.73 Å². The molecule has 2 aromatic rings. The molecule has 5 nitrogen and oxygen atoms in total. The average molecular weight is 224 g/mol. The van der Waals surface area contributed by atoms with Crippen LogP contribution in [0.4, 0.5) is 0 Å². The summed E-state index contributed by atoms with van der Waals surface area (Å²) in [5, 5.41) is 14.2. The van der Waals surface area contributed by atoms with Crippen molar-refractivity contribution in [3.63, 3.8) is 0 Å². The molecule has 0 fully saturated rings. The van der Waals surface area contributed by atoms with Crippen molar-refractivity contribution in [1.82, 2.24) is 20.6 Å². The second-order valence-corrected chi connectivity index (χ2v) is 3.69. The zero-order chi connectivity index (χ0) is 10.8. The number of hydrogen-bond donors (Lipinski definition) is 2. The predicted molar refractivity (Wildman–Crippen MR) is 56.4 cm³/mol. The minimum absolute atomic E-state index is 0.374. The molecule has 0 saturated carbocycles. The largest absolute Gasteiger partial charge is 0.318 e. The molecule has 3 N–H and O–H groups in total. The number of aromatic nitrogens is 4. The van der Waals surface area contributed by atoms with E-state index in [1.54, 1.807) is 6.07 Å². The van der Waals surface area contributed by atoms with Crippen molar-refractivity contribution in [2.24, 2.45) is 5.73 Å². The molecule has 1 unspecified atom stereocenters. The van der Waals surface area contributed by atoms with Gasteiger partial charge in [-0.2, -0.15) is 5.21 Å². The topological polar surface area (TPSA) is 80.5 Å². The Morgan fingerprint density at radius 1 is 1.47 bits per heavy atom. The Hall–Kier alpha value is -1.46. The number of nitrogens with two attached hydrogens (primary N) is 1. The monoisotopic (exact) mass is 223 g/mol. The number of aromatic amines is 1. The van der Waals surface area contributed by atoms with E-state index in [-0.39, 0.29) is 6.04 Å². The van der Waals surface area contributed by atoms with Gasteiger partial charge in [-0.25, -0.2) is 0 Å². The molecule has 0 spiro atoms. The summed E-state index contributed by atoms with van der Waals surface area (Å²) >= 11 is 5.86. The molecule has 78 valence electrons. The fraction of sp³-hybridized carbons (Fsp3) is 0.222. The lowest BCUT2D eigenvalue weighted by atomic mass is 10.0. The Labute approximate surface area is 91.6 Å². The van der Waals surface area contributed by atoms with E-state index in [4.69, 9.17) is 17.3 Å². The molecular formula is C9H10ClN5. The summed E-state index contributed by atoms with van der Waals surface area (Å²) in [6.45, 7) is 1.95. The van der Waals surface area contributed by atoms with E-state index in [0.29, 0.717) is 10.8 Å². The molecule has 0 aliphatic rings. The Kier molecular flexibility index (Phi) is 2.66. The Morgan fingerprint density at radius 3 is 2.87 bits per heavy atom. The van der Waals surface area contributed by atoms with E-state index in [9.17, 15) is 0 Å². The number of rotatable bonds is 2. The van der Waals surface area contributed by atoms with Gasteiger partial charge in [-0.1, -0.05) is 22.9 Å². The smallest absolute Gasteiger partial charge is 0.195 e. The maximum atomic E-state index is 5.98. The molecule has 0 amide bonds. The van der Waals surface area contributed by atoms with Crippen molar-refractivity contribution in [2.75, 3.05) is 0 Å². The lowest BCUT2D eigenvalue weighted by Gasteiger charge is -2.10. The zero-order valence-electron chi connectivity index (χ0n) is 8.11. The number of tetrazole rings is 1. The van der Waals surface area contributed by atoms with Gasteiger partial charge in [-0.05, 0) is 30.2 Å². The van der Waals surface area contributed by atoms with E-state index >= 15 is 0 Å². The van der Waals surface area contributed by atoms with Gasteiger partial charge in [-0.3, -0.25) is 0 Å². The number of halogens is 1. The van der Waals surface area contributed by atoms with Crippen LogP contribution in [0.2, 0.25) is 5.02 Å². The van der Waals surface area contributed by atoms with Crippen LogP contribution in [0.25, 0.3) is 0 Å². The van der Waals surface area contributed by atoms with Crippen LogP contribution < -0.4 is 5.73 Å². The molecule has 6 heteroatoms. The highest BCUT2D eigenvalue weighted by Gasteiger charge is 2.15. The molecule has 1 atom stereocenters. The summed E-state index contributed by atoms with van der Waals surface area (Å²) in [7, 11) is 0. The molecule has 2 rings (SSSR count). The summed E-state index contributed by atoms with van der Waals surface area (Å²) in [4.78, 5) is 0. The fourth-order valence-electron chi connectivity index (χ4n) is 1.43. The van der Waals surface area contributed by atoms with Gasteiger partial charge in [-0.15, -0.1) is 10.2 Å². The lowest BCUT2D eigenvalue weighted by molar-refractivity contribution is 0.779. The molecule has 1 heterocycles. The van der Waals surface area contributed by atoms with Gasteiger partial charge in [0, 0.05) is 5.02 Å². The van der Waals surface area contributed by atoms with Gasteiger partial charge in [0.15, 0.2) is 5.82 Å². The van der Waals surface area contributed by atoms with Crippen molar-refractivity contribution in [2.45, 2.75) is 13.0 Å². The molecule has 0 saturated heterocycles. The highest BCUT2D eigenvalue weighted by molar-refractivity contribution is 6.30. The van der Waals surface area contributed by atoms with Crippen LogP contribution in [-0.2, 0) is 0 Å². The van der Waals surface area contributed by atoms with E-state index in [0.717, 1.165) is 11.1 Å². The summed E-state index contributed by atoms with van der Waals surface area (Å²) < 4.78 is 0. The van der Waals surface area contributed by atoms with Crippen LogP contribution in [-0.4, -0.2) is 20.6 Å². The summed E-state index contributed by atoms with van der Waals surface area (Å²) in [6.07, 6.45) is 0. The minimum atomic E-state index is -0.374. The maximum Gasteiger partial charge on any atom is 0.195 e. The molecule has 1 aromatic carbocycles.